The maximum Gasteiger partial charge on any atom is 0.291 e. The molecule has 0 saturated carbocycles. The maximum absolute atomic E-state index is 12.1. The smallest absolute Gasteiger partial charge is 0.291 e. The van der Waals surface area contributed by atoms with E-state index in [1.165, 1.54) is 11.8 Å². The highest BCUT2D eigenvalue weighted by Crippen LogP contribution is 2.12. The second-order valence-electron chi connectivity index (χ2n) is 5.90. The first-order valence-electron chi connectivity index (χ1n) is 8.67. The van der Waals surface area contributed by atoms with Crippen molar-refractivity contribution in [2.24, 2.45) is 4.99 Å². The summed E-state index contributed by atoms with van der Waals surface area (Å²) in [6, 6.07) is 21.1. The predicted octanol–water partition coefficient (Wildman–Crippen LogP) is 3.40. The molecular weight excluding hydrogens is 340 g/mol. The van der Waals surface area contributed by atoms with Gasteiger partial charge in [-0.1, -0.05) is 42.5 Å². The van der Waals surface area contributed by atoms with Crippen molar-refractivity contribution in [2.75, 3.05) is 12.4 Å². The normalized spacial score (nSPS) is 11.1. The fourth-order valence-corrected chi connectivity index (χ4v) is 2.55. The molecule has 0 fully saturated rings. The van der Waals surface area contributed by atoms with Crippen molar-refractivity contribution < 1.29 is 9.21 Å². The Morgan fingerprint density at radius 3 is 2.37 bits per heavy atom. The molecule has 3 rings (SSSR count). The van der Waals surface area contributed by atoms with Crippen LogP contribution < -0.4 is 16.0 Å². The first-order valence-corrected chi connectivity index (χ1v) is 8.67. The van der Waals surface area contributed by atoms with Crippen LogP contribution >= 0.6 is 0 Å². The molecule has 0 unspecified atom stereocenters. The number of hydrogen-bond acceptors (Lipinski definition) is 3. The van der Waals surface area contributed by atoms with E-state index in [1.54, 1.807) is 19.2 Å². The number of amides is 1. The van der Waals surface area contributed by atoms with E-state index >= 15 is 0 Å². The number of nitrogens with zero attached hydrogens (tertiary/aromatic N) is 1. The highest BCUT2D eigenvalue weighted by molar-refractivity contribution is 6.02. The fourth-order valence-electron chi connectivity index (χ4n) is 2.55. The topological polar surface area (TPSA) is 78.7 Å². The summed E-state index contributed by atoms with van der Waals surface area (Å²) in [5, 5.41) is 9.38. The van der Waals surface area contributed by atoms with E-state index < -0.39 is 0 Å². The SMILES string of the molecule is CN=C(NCc1ccccc1)NCc1cccc(NC(=O)c2ccco2)c1. The zero-order valence-corrected chi connectivity index (χ0v) is 15.1. The number of hydrogen-bond donors (Lipinski definition) is 3. The minimum atomic E-state index is -0.273. The van der Waals surface area contributed by atoms with Crippen LogP contribution in [0.15, 0.2) is 82.4 Å². The Kier molecular flexibility index (Phi) is 6.25. The Hall–Kier alpha value is -3.54. The molecule has 0 atom stereocenters. The van der Waals surface area contributed by atoms with Crippen LogP contribution in [-0.4, -0.2) is 18.9 Å². The standard InChI is InChI=1S/C21H22N4O2/c1-22-21(23-14-16-7-3-2-4-8-16)24-15-17-9-5-10-18(13-17)25-20(26)19-11-6-12-27-19/h2-13H,14-15H2,1H3,(H,25,26)(H2,22,23,24). The van der Waals surface area contributed by atoms with Crippen molar-refractivity contribution in [1.29, 1.82) is 0 Å². The third-order valence-corrected chi connectivity index (χ3v) is 3.92. The molecule has 0 aliphatic carbocycles. The van der Waals surface area contributed by atoms with Gasteiger partial charge in [-0.25, -0.2) is 0 Å². The number of benzene rings is 2. The lowest BCUT2D eigenvalue weighted by atomic mass is 10.2. The van der Waals surface area contributed by atoms with Crippen LogP contribution in [0.2, 0.25) is 0 Å². The van der Waals surface area contributed by atoms with E-state index in [9.17, 15) is 4.79 Å². The molecule has 0 aliphatic rings. The number of furan rings is 1. The first kappa shape index (κ1) is 18.3. The largest absolute Gasteiger partial charge is 0.459 e. The molecule has 0 bridgehead atoms. The Labute approximate surface area is 158 Å². The number of carbonyl (C=O) groups is 1. The monoisotopic (exact) mass is 362 g/mol. The molecule has 1 heterocycles. The number of nitrogens with one attached hydrogen (secondary N) is 3. The average Bonchev–Trinajstić information content (AvgIpc) is 3.24. The number of anilines is 1. The van der Waals surface area contributed by atoms with Crippen LogP contribution in [0.1, 0.15) is 21.7 Å². The van der Waals surface area contributed by atoms with Gasteiger partial charge in [0.25, 0.3) is 5.91 Å². The van der Waals surface area contributed by atoms with Gasteiger partial charge < -0.3 is 20.4 Å². The summed E-state index contributed by atoms with van der Waals surface area (Å²) in [6.45, 7) is 1.28. The van der Waals surface area contributed by atoms with Gasteiger partial charge in [0.15, 0.2) is 11.7 Å². The number of aliphatic imine (C=N–C) groups is 1. The Morgan fingerprint density at radius 1 is 0.926 bits per heavy atom. The highest BCUT2D eigenvalue weighted by atomic mass is 16.3. The zero-order chi connectivity index (χ0) is 18.9. The molecule has 0 spiro atoms. The maximum atomic E-state index is 12.1. The van der Waals surface area contributed by atoms with Crippen LogP contribution in [-0.2, 0) is 13.1 Å². The predicted molar refractivity (Wildman–Crippen MR) is 107 cm³/mol. The van der Waals surface area contributed by atoms with Crippen molar-refractivity contribution in [3.05, 3.63) is 89.9 Å². The molecule has 1 aromatic heterocycles. The average molecular weight is 362 g/mol. The van der Waals surface area contributed by atoms with Crippen molar-refractivity contribution in [3.63, 3.8) is 0 Å². The number of rotatable bonds is 6. The molecular formula is C21H22N4O2. The van der Waals surface area contributed by atoms with Crippen LogP contribution in [0.4, 0.5) is 5.69 Å². The van der Waals surface area contributed by atoms with Gasteiger partial charge in [-0.3, -0.25) is 9.79 Å². The van der Waals surface area contributed by atoms with Crippen molar-refractivity contribution in [2.45, 2.75) is 13.1 Å². The Balaban J connectivity index is 1.53. The van der Waals surface area contributed by atoms with E-state index in [4.69, 9.17) is 4.42 Å². The summed E-state index contributed by atoms with van der Waals surface area (Å²) < 4.78 is 5.11. The first-order chi connectivity index (χ1) is 13.2. The molecule has 0 aliphatic heterocycles. The number of carbonyl (C=O) groups excluding carboxylic acids is 1. The minimum absolute atomic E-state index is 0.273. The van der Waals surface area contributed by atoms with Gasteiger partial charge in [0, 0.05) is 25.8 Å². The molecule has 6 nitrogen and oxygen atoms in total. The van der Waals surface area contributed by atoms with E-state index in [0.29, 0.717) is 24.7 Å². The summed E-state index contributed by atoms with van der Waals surface area (Å²) >= 11 is 0. The lowest BCUT2D eigenvalue weighted by molar-refractivity contribution is 0.0996. The molecule has 138 valence electrons. The van der Waals surface area contributed by atoms with Crippen molar-refractivity contribution in [1.82, 2.24) is 10.6 Å². The van der Waals surface area contributed by atoms with Gasteiger partial charge >= 0.3 is 0 Å². The third kappa shape index (κ3) is 5.47. The van der Waals surface area contributed by atoms with Gasteiger partial charge in [0.2, 0.25) is 0 Å². The summed E-state index contributed by atoms with van der Waals surface area (Å²) in [5.41, 5.74) is 2.92. The lowest BCUT2D eigenvalue weighted by Gasteiger charge is -2.13. The van der Waals surface area contributed by atoms with Crippen LogP contribution in [0, 0.1) is 0 Å². The van der Waals surface area contributed by atoms with E-state index in [-0.39, 0.29) is 11.7 Å². The molecule has 0 saturated heterocycles. The Morgan fingerprint density at radius 2 is 1.67 bits per heavy atom. The van der Waals surface area contributed by atoms with Crippen molar-refractivity contribution >= 4 is 17.6 Å². The molecule has 3 aromatic rings. The van der Waals surface area contributed by atoms with Gasteiger partial charge in [0.05, 0.1) is 6.26 Å². The molecule has 0 radical (unpaired) electrons. The Bertz CT molecular complexity index is 890. The van der Waals surface area contributed by atoms with E-state index in [0.717, 1.165) is 5.56 Å². The van der Waals surface area contributed by atoms with Gasteiger partial charge in [-0.15, -0.1) is 0 Å². The van der Waals surface area contributed by atoms with Gasteiger partial charge in [0.1, 0.15) is 0 Å². The minimum Gasteiger partial charge on any atom is -0.459 e. The summed E-state index contributed by atoms with van der Waals surface area (Å²) in [7, 11) is 1.74. The fraction of sp³-hybridized carbons (Fsp3) is 0.143. The van der Waals surface area contributed by atoms with Crippen LogP contribution in [0.5, 0.6) is 0 Å². The summed E-state index contributed by atoms with van der Waals surface area (Å²) in [6.07, 6.45) is 1.48. The molecule has 27 heavy (non-hydrogen) atoms. The molecule has 3 N–H and O–H groups in total. The molecule has 2 aromatic carbocycles. The second kappa shape index (κ2) is 9.24. The van der Waals surface area contributed by atoms with Crippen LogP contribution in [0.3, 0.4) is 0 Å². The quantitative estimate of drug-likeness (QED) is 0.464. The third-order valence-electron chi connectivity index (χ3n) is 3.92. The summed E-state index contributed by atoms with van der Waals surface area (Å²) in [5.74, 6) is 0.721. The highest BCUT2D eigenvalue weighted by Gasteiger charge is 2.08. The van der Waals surface area contributed by atoms with Crippen molar-refractivity contribution in [3.8, 4) is 0 Å². The van der Waals surface area contributed by atoms with E-state index in [2.05, 4.69) is 33.1 Å². The van der Waals surface area contributed by atoms with Crippen LogP contribution in [0.25, 0.3) is 0 Å². The zero-order valence-electron chi connectivity index (χ0n) is 15.1. The molecule has 1 amide bonds. The van der Waals surface area contributed by atoms with Gasteiger partial charge in [-0.05, 0) is 35.4 Å². The lowest BCUT2D eigenvalue weighted by Crippen LogP contribution is -2.36. The second-order valence-corrected chi connectivity index (χ2v) is 5.90. The van der Waals surface area contributed by atoms with E-state index in [1.807, 2.05) is 42.5 Å². The number of guanidine groups is 1. The van der Waals surface area contributed by atoms with Gasteiger partial charge in [-0.2, -0.15) is 0 Å². The summed E-state index contributed by atoms with van der Waals surface area (Å²) in [4.78, 5) is 16.3. The molecule has 6 heteroatoms.